The van der Waals surface area contributed by atoms with Gasteiger partial charge < -0.3 is 20.5 Å². The van der Waals surface area contributed by atoms with Crippen LogP contribution in [0.4, 0.5) is 13.6 Å². The average molecular weight is 315 g/mol. The molecule has 2 rings (SSSR count). The Morgan fingerprint density at radius 3 is 2.95 bits per heavy atom. The van der Waals surface area contributed by atoms with Crippen LogP contribution >= 0.6 is 0 Å². The Hall–Kier alpha value is -1.96. The Kier molecular flexibility index (Phi) is 5.88. The van der Waals surface area contributed by atoms with Gasteiger partial charge in [-0.05, 0) is 24.5 Å². The van der Waals surface area contributed by atoms with Crippen molar-refractivity contribution in [3.8, 4) is 5.88 Å². The van der Waals surface area contributed by atoms with E-state index in [1.54, 1.807) is 6.07 Å². The van der Waals surface area contributed by atoms with Crippen LogP contribution in [-0.4, -0.2) is 34.9 Å². The molecule has 2 atom stereocenters. The van der Waals surface area contributed by atoms with Gasteiger partial charge in [0.15, 0.2) is 0 Å². The van der Waals surface area contributed by atoms with Crippen molar-refractivity contribution >= 4 is 6.03 Å². The van der Waals surface area contributed by atoms with Gasteiger partial charge >= 0.3 is 12.6 Å². The van der Waals surface area contributed by atoms with Crippen LogP contribution in [-0.2, 0) is 6.54 Å². The number of aromatic nitrogens is 1. The monoisotopic (exact) mass is 315 g/mol. The topological polar surface area (TPSA) is 83.5 Å². The van der Waals surface area contributed by atoms with Crippen molar-refractivity contribution in [2.24, 2.45) is 0 Å². The maximum Gasteiger partial charge on any atom is 0.388 e. The standard InChI is InChI=1S/C14H19F2N3O3/c15-13(16)22-12-7-9(5-6-17-12)8-18-14(21)19-10-3-1-2-4-11(10)20/h5-7,10-11,13,20H,1-4,8H2,(H2,18,19,21)/t10-,11+/m1/s1. The summed E-state index contributed by atoms with van der Waals surface area (Å²) in [4.78, 5) is 15.4. The molecule has 2 amide bonds. The summed E-state index contributed by atoms with van der Waals surface area (Å²) in [6, 6.07) is 2.28. The third kappa shape index (κ3) is 5.10. The zero-order valence-electron chi connectivity index (χ0n) is 12.0. The molecule has 1 saturated carbocycles. The number of urea groups is 1. The first-order valence-corrected chi connectivity index (χ1v) is 7.17. The summed E-state index contributed by atoms with van der Waals surface area (Å²) in [5.41, 5.74) is 0.588. The smallest absolute Gasteiger partial charge is 0.388 e. The Bertz CT molecular complexity index is 502. The van der Waals surface area contributed by atoms with Crippen molar-refractivity contribution in [1.82, 2.24) is 15.6 Å². The average Bonchev–Trinajstić information content (AvgIpc) is 2.47. The number of ether oxygens (including phenoxy) is 1. The fourth-order valence-electron chi connectivity index (χ4n) is 2.40. The Morgan fingerprint density at radius 2 is 2.23 bits per heavy atom. The highest BCUT2D eigenvalue weighted by molar-refractivity contribution is 5.74. The highest BCUT2D eigenvalue weighted by Crippen LogP contribution is 2.18. The minimum Gasteiger partial charge on any atom is -0.417 e. The van der Waals surface area contributed by atoms with E-state index >= 15 is 0 Å². The molecule has 1 aliphatic carbocycles. The van der Waals surface area contributed by atoms with Crippen LogP contribution in [0.25, 0.3) is 0 Å². The minimum atomic E-state index is -2.94. The van der Waals surface area contributed by atoms with Crippen LogP contribution in [0.15, 0.2) is 18.3 Å². The highest BCUT2D eigenvalue weighted by atomic mass is 19.3. The lowest BCUT2D eigenvalue weighted by atomic mass is 9.93. The first kappa shape index (κ1) is 16.4. The highest BCUT2D eigenvalue weighted by Gasteiger charge is 2.24. The second-order valence-electron chi connectivity index (χ2n) is 5.17. The number of pyridine rings is 1. The van der Waals surface area contributed by atoms with E-state index in [-0.39, 0.29) is 18.5 Å². The number of aliphatic hydroxyl groups is 1. The van der Waals surface area contributed by atoms with E-state index < -0.39 is 18.7 Å². The van der Waals surface area contributed by atoms with E-state index in [0.29, 0.717) is 12.0 Å². The molecule has 1 aromatic heterocycles. The number of amides is 2. The van der Waals surface area contributed by atoms with E-state index in [2.05, 4.69) is 20.4 Å². The number of nitrogens with one attached hydrogen (secondary N) is 2. The van der Waals surface area contributed by atoms with Crippen LogP contribution in [0.2, 0.25) is 0 Å². The predicted octanol–water partition coefficient (Wildman–Crippen LogP) is 1.79. The number of nitrogens with zero attached hydrogens (tertiary/aromatic N) is 1. The van der Waals surface area contributed by atoms with E-state index in [1.165, 1.54) is 12.3 Å². The Labute approximate surface area is 126 Å². The molecule has 1 heterocycles. The number of hydrogen-bond acceptors (Lipinski definition) is 4. The number of rotatable bonds is 5. The van der Waals surface area contributed by atoms with Crippen molar-refractivity contribution in [3.63, 3.8) is 0 Å². The van der Waals surface area contributed by atoms with Gasteiger partial charge in [-0.2, -0.15) is 8.78 Å². The molecule has 0 bridgehead atoms. The molecular formula is C14H19F2N3O3. The molecule has 0 radical (unpaired) electrons. The molecule has 3 N–H and O–H groups in total. The summed E-state index contributed by atoms with van der Waals surface area (Å²) in [5.74, 6) is -0.197. The number of carbonyl (C=O) groups excluding carboxylic acids is 1. The molecule has 6 nitrogen and oxygen atoms in total. The van der Waals surface area contributed by atoms with Crippen LogP contribution in [0.1, 0.15) is 31.2 Å². The quantitative estimate of drug-likeness (QED) is 0.773. The van der Waals surface area contributed by atoms with Crippen LogP contribution < -0.4 is 15.4 Å². The van der Waals surface area contributed by atoms with Crippen molar-refractivity contribution in [1.29, 1.82) is 0 Å². The van der Waals surface area contributed by atoms with Gasteiger partial charge in [-0.3, -0.25) is 0 Å². The maximum atomic E-state index is 12.1. The second-order valence-corrected chi connectivity index (χ2v) is 5.17. The Balaban J connectivity index is 1.80. The lowest BCUT2D eigenvalue weighted by Gasteiger charge is -2.28. The minimum absolute atomic E-state index is 0.150. The Morgan fingerprint density at radius 1 is 1.45 bits per heavy atom. The van der Waals surface area contributed by atoms with Crippen molar-refractivity contribution in [2.45, 2.75) is 51.0 Å². The van der Waals surface area contributed by atoms with Gasteiger partial charge in [-0.25, -0.2) is 9.78 Å². The van der Waals surface area contributed by atoms with E-state index in [9.17, 15) is 18.7 Å². The van der Waals surface area contributed by atoms with Gasteiger partial charge in [0.1, 0.15) is 0 Å². The number of alkyl halides is 2. The molecule has 1 aliphatic rings. The summed E-state index contributed by atoms with van der Waals surface area (Å²) in [5, 5.41) is 15.1. The number of halogens is 2. The van der Waals surface area contributed by atoms with E-state index in [1.807, 2.05) is 0 Å². The lowest BCUT2D eigenvalue weighted by molar-refractivity contribution is -0.0529. The molecular weight excluding hydrogens is 296 g/mol. The van der Waals surface area contributed by atoms with E-state index in [4.69, 9.17) is 0 Å². The number of aliphatic hydroxyl groups excluding tert-OH is 1. The van der Waals surface area contributed by atoms with Crippen LogP contribution in [0, 0.1) is 0 Å². The SMILES string of the molecule is O=C(NCc1ccnc(OC(F)F)c1)N[C@@H]1CCCC[C@@H]1O. The van der Waals surface area contributed by atoms with Crippen molar-refractivity contribution in [3.05, 3.63) is 23.9 Å². The molecule has 122 valence electrons. The molecule has 0 unspecified atom stereocenters. The molecule has 8 heteroatoms. The first-order valence-electron chi connectivity index (χ1n) is 7.17. The van der Waals surface area contributed by atoms with Crippen LogP contribution in [0.3, 0.4) is 0 Å². The third-order valence-corrected chi connectivity index (χ3v) is 3.51. The van der Waals surface area contributed by atoms with Gasteiger partial charge in [-0.15, -0.1) is 0 Å². The number of carbonyl (C=O) groups is 1. The molecule has 22 heavy (non-hydrogen) atoms. The number of hydrogen-bond donors (Lipinski definition) is 3. The fourth-order valence-corrected chi connectivity index (χ4v) is 2.40. The molecule has 1 fully saturated rings. The first-order chi connectivity index (χ1) is 10.5. The summed E-state index contributed by atoms with van der Waals surface area (Å²) >= 11 is 0. The maximum absolute atomic E-state index is 12.1. The van der Waals surface area contributed by atoms with E-state index in [0.717, 1.165) is 19.3 Å². The van der Waals surface area contributed by atoms with Gasteiger partial charge in [0, 0.05) is 18.8 Å². The van der Waals surface area contributed by atoms with Gasteiger partial charge in [0.2, 0.25) is 5.88 Å². The molecule has 1 aromatic rings. The van der Waals surface area contributed by atoms with Gasteiger partial charge in [0.25, 0.3) is 0 Å². The zero-order chi connectivity index (χ0) is 15.9. The van der Waals surface area contributed by atoms with Crippen LogP contribution in [0.5, 0.6) is 5.88 Å². The second kappa shape index (κ2) is 7.88. The zero-order valence-corrected chi connectivity index (χ0v) is 12.0. The van der Waals surface area contributed by atoms with Crippen molar-refractivity contribution < 1.29 is 23.4 Å². The van der Waals surface area contributed by atoms with Gasteiger partial charge in [0.05, 0.1) is 12.1 Å². The molecule has 0 spiro atoms. The largest absolute Gasteiger partial charge is 0.417 e. The summed E-state index contributed by atoms with van der Waals surface area (Å²) in [6.07, 6.45) is 4.18. The molecule has 0 saturated heterocycles. The lowest BCUT2D eigenvalue weighted by Crippen LogP contribution is -2.48. The normalized spacial score (nSPS) is 21.5. The molecule has 0 aliphatic heterocycles. The predicted molar refractivity (Wildman–Crippen MR) is 74.5 cm³/mol. The summed E-state index contributed by atoms with van der Waals surface area (Å²) in [6.45, 7) is -2.79. The molecule has 0 aromatic carbocycles. The summed E-state index contributed by atoms with van der Waals surface area (Å²) in [7, 11) is 0. The fraction of sp³-hybridized carbons (Fsp3) is 0.571. The summed E-state index contributed by atoms with van der Waals surface area (Å²) < 4.78 is 28.4. The van der Waals surface area contributed by atoms with Crippen molar-refractivity contribution in [2.75, 3.05) is 0 Å². The van der Waals surface area contributed by atoms with Gasteiger partial charge in [-0.1, -0.05) is 12.8 Å². The third-order valence-electron chi connectivity index (χ3n) is 3.51.